The summed E-state index contributed by atoms with van der Waals surface area (Å²) >= 11 is 0. The minimum absolute atomic E-state index is 0.0913. The number of ether oxygens (including phenoxy) is 1. The van der Waals surface area contributed by atoms with Gasteiger partial charge in [0.25, 0.3) is 5.91 Å². The van der Waals surface area contributed by atoms with E-state index in [2.05, 4.69) is 10.3 Å². The Morgan fingerprint density at radius 2 is 2.08 bits per heavy atom. The van der Waals surface area contributed by atoms with E-state index in [1.54, 1.807) is 18.1 Å². The zero-order chi connectivity index (χ0) is 18.1. The van der Waals surface area contributed by atoms with Crippen molar-refractivity contribution in [1.82, 2.24) is 15.2 Å². The Labute approximate surface area is 150 Å². The molecular formula is C19H19N3O4. The van der Waals surface area contributed by atoms with Crippen molar-refractivity contribution in [2.24, 2.45) is 0 Å². The van der Waals surface area contributed by atoms with Gasteiger partial charge in [-0.05, 0) is 31.9 Å². The molecule has 7 heteroatoms. The Bertz CT molecular complexity index is 930. The highest BCUT2D eigenvalue weighted by molar-refractivity contribution is 5.93. The number of aryl methyl sites for hydroxylation is 1. The van der Waals surface area contributed by atoms with Gasteiger partial charge in [-0.2, -0.15) is 0 Å². The van der Waals surface area contributed by atoms with E-state index >= 15 is 0 Å². The summed E-state index contributed by atoms with van der Waals surface area (Å²) in [5, 5.41) is 8.05. The van der Waals surface area contributed by atoms with Crippen LogP contribution in [0.15, 0.2) is 45.4 Å². The van der Waals surface area contributed by atoms with Gasteiger partial charge in [-0.1, -0.05) is 22.4 Å². The van der Waals surface area contributed by atoms with E-state index in [0.29, 0.717) is 18.1 Å². The van der Waals surface area contributed by atoms with Crippen LogP contribution in [0.2, 0.25) is 0 Å². The molecule has 1 atom stereocenters. The Balaban J connectivity index is 1.60. The second kappa shape index (κ2) is 6.67. The summed E-state index contributed by atoms with van der Waals surface area (Å²) in [6.45, 7) is 2.50. The van der Waals surface area contributed by atoms with Crippen LogP contribution in [0.4, 0.5) is 0 Å². The van der Waals surface area contributed by atoms with Crippen LogP contribution in [0.3, 0.4) is 0 Å². The molecule has 2 aromatic heterocycles. The molecule has 0 spiro atoms. The van der Waals surface area contributed by atoms with Gasteiger partial charge in [-0.25, -0.2) is 0 Å². The predicted octanol–water partition coefficient (Wildman–Crippen LogP) is 3.62. The lowest BCUT2D eigenvalue weighted by Crippen LogP contribution is -2.30. The molecule has 0 saturated carbocycles. The molecule has 3 aromatic rings. The molecule has 0 aliphatic carbocycles. The summed E-state index contributed by atoms with van der Waals surface area (Å²) in [4.78, 5) is 14.7. The van der Waals surface area contributed by atoms with Crippen LogP contribution in [0, 0.1) is 6.92 Å². The molecule has 0 bridgehead atoms. The number of benzene rings is 1. The molecule has 134 valence electrons. The van der Waals surface area contributed by atoms with E-state index < -0.39 is 0 Å². The standard InChI is InChI=1S/C19H19N3O4/c1-12-10-14(20-25-12)16-7-5-9-22(16)19(23)15-11-18(26-21-15)13-6-3-4-8-17(13)24-2/h3-4,6,8,10-11,16H,5,7,9H2,1-2H3/t16-/m0/s1. The molecule has 1 aromatic carbocycles. The van der Waals surface area contributed by atoms with Gasteiger partial charge in [-0.3, -0.25) is 4.79 Å². The number of carbonyl (C=O) groups excluding carboxylic acids is 1. The molecule has 1 saturated heterocycles. The van der Waals surface area contributed by atoms with E-state index in [4.69, 9.17) is 13.8 Å². The van der Waals surface area contributed by atoms with Gasteiger partial charge in [0.2, 0.25) is 0 Å². The average molecular weight is 353 g/mol. The van der Waals surface area contributed by atoms with Crippen molar-refractivity contribution in [3.63, 3.8) is 0 Å². The number of hydrogen-bond acceptors (Lipinski definition) is 6. The molecule has 3 heterocycles. The minimum Gasteiger partial charge on any atom is -0.496 e. The van der Waals surface area contributed by atoms with Crippen LogP contribution in [-0.4, -0.2) is 34.8 Å². The van der Waals surface area contributed by atoms with E-state index in [0.717, 1.165) is 29.9 Å². The van der Waals surface area contributed by atoms with Gasteiger partial charge in [0.15, 0.2) is 11.5 Å². The second-order valence-corrected chi connectivity index (χ2v) is 6.30. The maximum Gasteiger partial charge on any atom is 0.276 e. The monoisotopic (exact) mass is 353 g/mol. The first kappa shape index (κ1) is 16.4. The summed E-state index contributed by atoms with van der Waals surface area (Å²) in [6.07, 6.45) is 1.77. The first-order chi connectivity index (χ1) is 12.7. The predicted molar refractivity (Wildman–Crippen MR) is 92.7 cm³/mol. The maximum atomic E-state index is 13.0. The fourth-order valence-corrected chi connectivity index (χ4v) is 3.36. The van der Waals surface area contributed by atoms with Crippen LogP contribution < -0.4 is 4.74 Å². The zero-order valence-corrected chi connectivity index (χ0v) is 14.6. The molecule has 1 aliphatic heterocycles. The fourth-order valence-electron chi connectivity index (χ4n) is 3.36. The van der Waals surface area contributed by atoms with Gasteiger partial charge < -0.3 is 18.7 Å². The minimum atomic E-state index is -0.168. The number of nitrogens with zero attached hydrogens (tertiary/aromatic N) is 3. The normalized spacial score (nSPS) is 16.8. The molecule has 1 amide bonds. The van der Waals surface area contributed by atoms with Crippen molar-refractivity contribution in [2.75, 3.05) is 13.7 Å². The number of hydrogen-bond donors (Lipinski definition) is 0. The van der Waals surface area contributed by atoms with Crippen molar-refractivity contribution in [2.45, 2.75) is 25.8 Å². The molecule has 4 rings (SSSR count). The van der Waals surface area contributed by atoms with Gasteiger partial charge in [0.05, 0.1) is 18.7 Å². The van der Waals surface area contributed by atoms with E-state index in [1.165, 1.54) is 0 Å². The second-order valence-electron chi connectivity index (χ2n) is 6.30. The third-order valence-corrected chi connectivity index (χ3v) is 4.60. The van der Waals surface area contributed by atoms with Gasteiger partial charge in [0, 0.05) is 18.7 Å². The van der Waals surface area contributed by atoms with E-state index in [9.17, 15) is 4.79 Å². The Hall–Kier alpha value is -3.09. The largest absolute Gasteiger partial charge is 0.496 e. The molecule has 0 N–H and O–H groups in total. The number of likely N-dealkylation sites (tertiary alicyclic amines) is 1. The average Bonchev–Trinajstić information content (AvgIpc) is 3.41. The van der Waals surface area contributed by atoms with Crippen LogP contribution in [-0.2, 0) is 0 Å². The zero-order valence-electron chi connectivity index (χ0n) is 14.6. The summed E-state index contributed by atoms with van der Waals surface area (Å²) in [5.41, 5.74) is 1.81. The highest BCUT2D eigenvalue weighted by Gasteiger charge is 2.34. The SMILES string of the molecule is COc1ccccc1-c1cc(C(=O)N2CCC[C@H]2c2cc(C)on2)no1. The quantitative estimate of drug-likeness (QED) is 0.712. The smallest absolute Gasteiger partial charge is 0.276 e. The van der Waals surface area contributed by atoms with Crippen molar-refractivity contribution >= 4 is 5.91 Å². The first-order valence-electron chi connectivity index (χ1n) is 8.51. The van der Waals surface area contributed by atoms with E-state index in [-0.39, 0.29) is 17.6 Å². The molecule has 1 aliphatic rings. The number of rotatable bonds is 4. The first-order valence-corrected chi connectivity index (χ1v) is 8.51. The van der Waals surface area contributed by atoms with Crippen LogP contribution in [0.5, 0.6) is 5.75 Å². The Morgan fingerprint density at radius 3 is 2.85 bits per heavy atom. The molecule has 1 fully saturated rings. The molecule has 0 radical (unpaired) electrons. The molecule has 0 unspecified atom stereocenters. The summed E-state index contributed by atoms with van der Waals surface area (Å²) < 4.78 is 15.9. The lowest BCUT2D eigenvalue weighted by molar-refractivity contribution is 0.0720. The highest BCUT2D eigenvalue weighted by Crippen LogP contribution is 2.34. The number of methoxy groups -OCH3 is 1. The van der Waals surface area contributed by atoms with Gasteiger partial charge >= 0.3 is 0 Å². The fraction of sp³-hybridized carbons (Fsp3) is 0.316. The van der Waals surface area contributed by atoms with Gasteiger partial charge in [-0.15, -0.1) is 0 Å². The number of amides is 1. The van der Waals surface area contributed by atoms with Crippen molar-refractivity contribution < 1.29 is 18.6 Å². The Kier molecular flexibility index (Phi) is 4.20. The van der Waals surface area contributed by atoms with Crippen molar-refractivity contribution in [3.05, 3.63) is 53.5 Å². The van der Waals surface area contributed by atoms with Crippen LogP contribution >= 0.6 is 0 Å². The number of carbonyl (C=O) groups is 1. The Morgan fingerprint density at radius 1 is 1.23 bits per heavy atom. The molecule has 7 nitrogen and oxygen atoms in total. The lowest BCUT2D eigenvalue weighted by atomic mass is 10.1. The van der Waals surface area contributed by atoms with Crippen LogP contribution in [0.1, 0.15) is 40.8 Å². The molecule has 26 heavy (non-hydrogen) atoms. The number of aromatic nitrogens is 2. The maximum absolute atomic E-state index is 13.0. The van der Waals surface area contributed by atoms with Crippen molar-refractivity contribution in [3.8, 4) is 17.1 Å². The summed E-state index contributed by atoms with van der Waals surface area (Å²) in [7, 11) is 1.59. The van der Waals surface area contributed by atoms with Crippen LogP contribution in [0.25, 0.3) is 11.3 Å². The third-order valence-electron chi connectivity index (χ3n) is 4.60. The topological polar surface area (TPSA) is 81.6 Å². The summed E-state index contributed by atoms with van der Waals surface area (Å²) in [5.74, 6) is 1.73. The molecular weight excluding hydrogens is 334 g/mol. The third kappa shape index (κ3) is 2.85. The highest BCUT2D eigenvalue weighted by atomic mass is 16.5. The number of para-hydroxylation sites is 1. The van der Waals surface area contributed by atoms with E-state index in [1.807, 2.05) is 37.3 Å². The lowest BCUT2D eigenvalue weighted by Gasteiger charge is -2.21. The van der Waals surface area contributed by atoms with Gasteiger partial charge in [0.1, 0.15) is 17.2 Å². The van der Waals surface area contributed by atoms with Crippen molar-refractivity contribution in [1.29, 1.82) is 0 Å². The summed E-state index contributed by atoms with van der Waals surface area (Å²) in [6, 6.07) is 10.9.